The van der Waals surface area contributed by atoms with Crippen LogP contribution in [-0.2, 0) is 19.4 Å². The summed E-state index contributed by atoms with van der Waals surface area (Å²) in [4.78, 5) is 21.5. The van der Waals surface area contributed by atoms with E-state index < -0.39 is 0 Å². The van der Waals surface area contributed by atoms with Crippen molar-refractivity contribution in [3.63, 3.8) is 0 Å². The van der Waals surface area contributed by atoms with E-state index in [1.54, 1.807) is 27.6 Å². The molecule has 0 saturated carbocycles. The van der Waals surface area contributed by atoms with Crippen LogP contribution in [0.1, 0.15) is 38.5 Å². The second kappa shape index (κ2) is 6.30. The molecule has 1 aromatic carbocycles. The Hall–Kier alpha value is -1.72. The number of carbonyl (C=O) groups excluding carboxylic acids is 1. The van der Waals surface area contributed by atoms with Crippen molar-refractivity contribution >= 4 is 38.8 Å². The maximum absolute atomic E-state index is 12.8. The first-order valence-corrected chi connectivity index (χ1v) is 9.95. The summed E-state index contributed by atoms with van der Waals surface area (Å²) in [5.41, 5.74) is 2.40. The third-order valence-electron chi connectivity index (χ3n) is 4.60. The summed E-state index contributed by atoms with van der Waals surface area (Å²) in [6.07, 6.45) is 3.47. The van der Waals surface area contributed by atoms with Gasteiger partial charge in [-0.1, -0.05) is 19.1 Å². The Morgan fingerprint density at radius 1 is 1.33 bits per heavy atom. The maximum atomic E-state index is 12.8. The van der Waals surface area contributed by atoms with Crippen molar-refractivity contribution in [1.82, 2.24) is 9.88 Å². The molecular weight excluding hydrogens is 336 g/mol. The number of amides is 1. The lowest BCUT2D eigenvalue weighted by atomic mass is 9.90. The number of aryl methyl sites for hydroxylation is 1. The number of benzene rings is 1. The molecule has 0 fully saturated rings. The summed E-state index contributed by atoms with van der Waals surface area (Å²) in [7, 11) is 1.87. The summed E-state index contributed by atoms with van der Waals surface area (Å²) in [6, 6.07) is 10.2. The van der Waals surface area contributed by atoms with Gasteiger partial charge in [0.05, 0.1) is 21.6 Å². The Kier molecular flexibility index (Phi) is 4.14. The molecule has 3 aromatic rings. The van der Waals surface area contributed by atoms with E-state index in [2.05, 4.69) is 24.0 Å². The summed E-state index contributed by atoms with van der Waals surface area (Å²) in [5, 5.41) is 0.988. The molecule has 124 valence electrons. The van der Waals surface area contributed by atoms with Crippen LogP contribution in [-0.4, -0.2) is 22.8 Å². The lowest BCUT2D eigenvalue weighted by Gasteiger charge is -2.16. The van der Waals surface area contributed by atoms with E-state index in [1.165, 1.54) is 21.6 Å². The van der Waals surface area contributed by atoms with Crippen molar-refractivity contribution in [3.05, 3.63) is 50.7 Å². The predicted molar refractivity (Wildman–Crippen MR) is 101 cm³/mol. The van der Waals surface area contributed by atoms with Gasteiger partial charge in [0.15, 0.2) is 0 Å². The quantitative estimate of drug-likeness (QED) is 0.678. The van der Waals surface area contributed by atoms with Gasteiger partial charge in [0, 0.05) is 11.9 Å². The summed E-state index contributed by atoms with van der Waals surface area (Å²) in [5.74, 6) is 0.844. The van der Waals surface area contributed by atoms with Gasteiger partial charge in [0.1, 0.15) is 5.01 Å². The van der Waals surface area contributed by atoms with Crippen LogP contribution in [0.3, 0.4) is 0 Å². The van der Waals surface area contributed by atoms with Gasteiger partial charge in [0.2, 0.25) is 0 Å². The molecule has 1 aliphatic carbocycles. The number of para-hydroxylation sites is 1. The minimum Gasteiger partial charge on any atom is -0.334 e. The third-order valence-corrected chi connectivity index (χ3v) is 6.84. The van der Waals surface area contributed by atoms with Gasteiger partial charge in [-0.2, -0.15) is 0 Å². The van der Waals surface area contributed by atoms with Gasteiger partial charge in [-0.05, 0) is 48.9 Å². The second-order valence-corrected chi connectivity index (χ2v) is 8.90. The molecule has 0 aliphatic heterocycles. The fraction of sp³-hybridized carbons (Fsp3) is 0.368. The van der Waals surface area contributed by atoms with E-state index in [1.807, 2.05) is 25.2 Å². The van der Waals surface area contributed by atoms with Gasteiger partial charge < -0.3 is 4.90 Å². The Morgan fingerprint density at radius 2 is 2.17 bits per heavy atom. The normalized spacial score (nSPS) is 17.0. The second-order valence-electron chi connectivity index (χ2n) is 6.64. The van der Waals surface area contributed by atoms with Crippen LogP contribution in [0.15, 0.2) is 30.3 Å². The molecule has 1 amide bonds. The Bertz CT molecular complexity index is 863. The monoisotopic (exact) mass is 356 g/mol. The number of thiophene rings is 1. The number of thiazole rings is 1. The number of aromatic nitrogens is 1. The van der Waals surface area contributed by atoms with E-state index in [9.17, 15) is 4.79 Å². The molecule has 24 heavy (non-hydrogen) atoms. The Morgan fingerprint density at radius 3 is 3.00 bits per heavy atom. The van der Waals surface area contributed by atoms with Gasteiger partial charge in [-0.3, -0.25) is 4.79 Å². The number of carbonyl (C=O) groups is 1. The SMILES string of the molecule is CC1CCc2sc(C(=O)N(C)Cc3nc4ccccc4s3)cc2C1. The average molecular weight is 357 g/mol. The molecule has 1 atom stereocenters. The fourth-order valence-corrected chi connectivity index (χ4v) is 5.49. The molecule has 1 unspecified atom stereocenters. The number of hydrogen-bond donors (Lipinski definition) is 0. The molecule has 2 aromatic heterocycles. The first kappa shape index (κ1) is 15.8. The highest BCUT2D eigenvalue weighted by Crippen LogP contribution is 2.33. The summed E-state index contributed by atoms with van der Waals surface area (Å²) < 4.78 is 1.17. The number of rotatable bonds is 3. The van der Waals surface area contributed by atoms with Gasteiger partial charge >= 0.3 is 0 Å². The zero-order valence-corrected chi connectivity index (χ0v) is 15.5. The molecule has 4 rings (SSSR count). The number of fused-ring (bicyclic) bond motifs is 2. The van der Waals surface area contributed by atoms with Gasteiger partial charge in [-0.25, -0.2) is 4.98 Å². The lowest BCUT2D eigenvalue weighted by molar-refractivity contribution is 0.0789. The van der Waals surface area contributed by atoms with Crippen LogP contribution in [0.5, 0.6) is 0 Å². The van der Waals surface area contributed by atoms with Crippen molar-refractivity contribution in [1.29, 1.82) is 0 Å². The van der Waals surface area contributed by atoms with Crippen LogP contribution >= 0.6 is 22.7 Å². The summed E-state index contributed by atoms with van der Waals surface area (Å²) >= 11 is 3.35. The zero-order chi connectivity index (χ0) is 16.7. The van der Waals surface area contributed by atoms with Crippen LogP contribution in [0.25, 0.3) is 10.2 Å². The predicted octanol–water partition coefficient (Wildman–Crippen LogP) is 4.75. The Balaban J connectivity index is 1.51. The zero-order valence-electron chi connectivity index (χ0n) is 13.9. The average Bonchev–Trinajstić information content (AvgIpc) is 3.16. The third kappa shape index (κ3) is 2.98. The summed E-state index contributed by atoms with van der Waals surface area (Å²) in [6.45, 7) is 2.86. The van der Waals surface area contributed by atoms with Crippen LogP contribution in [0, 0.1) is 5.92 Å². The molecule has 0 bridgehead atoms. The lowest BCUT2D eigenvalue weighted by Crippen LogP contribution is -2.25. The molecule has 5 heteroatoms. The first-order chi connectivity index (χ1) is 11.6. The highest BCUT2D eigenvalue weighted by atomic mass is 32.1. The molecule has 3 nitrogen and oxygen atoms in total. The van der Waals surface area contributed by atoms with E-state index >= 15 is 0 Å². The highest BCUT2D eigenvalue weighted by molar-refractivity contribution is 7.18. The van der Waals surface area contributed by atoms with Gasteiger partial charge in [0.25, 0.3) is 5.91 Å². The minimum atomic E-state index is 0.112. The molecule has 2 heterocycles. The largest absolute Gasteiger partial charge is 0.334 e. The molecule has 0 radical (unpaired) electrons. The van der Waals surface area contributed by atoms with E-state index in [0.29, 0.717) is 6.54 Å². The van der Waals surface area contributed by atoms with Crippen molar-refractivity contribution in [2.75, 3.05) is 7.05 Å². The van der Waals surface area contributed by atoms with Crippen LogP contribution in [0.2, 0.25) is 0 Å². The van der Waals surface area contributed by atoms with Crippen molar-refractivity contribution in [3.8, 4) is 0 Å². The molecule has 1 aliphatic rings. The maximum Gasteiger partial charge on any atom is 0.264 e. The van der Waals surface area contributed by atoms with E-state index in [-0.39, 0.29) is 5.91 Å². The molecule has 0 saturated heterocycles. The van der Waals surface area contributed by atoms with Crippen molar-refractivity contribution in [2.45, 2.75) is 32.7 Å². The highest BCUT2D eigenvalue weighted by Gasteiger charge is 2.22. The number of nitrogens with zero attached hydrogens (tertiary/aromatic N) is 2. The van der Waals surface area contributed by atoms with Crippen LogP contribution < -0.4 is 0 Å². The van der Waals surface area contributed by atoms with Crippen molar-refractivity contribution < 1.29 is 4.79 Å². The topological polar surface area (TPSA) is 33.2 Å². The Labute approximate surface area is 150 Å². The first-order valence-electron chi connectivity index (χ1n) is 8.31. The molecule has 0 N–H and O–H groups in total. The standard InChI is InChI=1S/C19H20N2OS2/c1-12-7-8-15-13(9-12)10-17(23-15)19(22)21(2)11-18-20-14-5-3-4-6-16(14)24-18/h3-6,10,12H,7-9,11H2,1-2H3. The van der Waals surface area contributed by atoms with Crippen molar-refractivity contribution in [2.24, 2.45) is 5.92 Å². The number of hydrogen-bond acceptors (Lipinski definition) is 4. The smallest absolute Gasteiger partial charge is 0.264 e. The minimum absolute atomic E-state index is 0.112. The van der Waals surface area contributed by atoms with Crippen LogP contribution in [0.4, 0.5) is 0 Å². The van der Waals surface area contributed by atoms with Gasteiger partial charge in [-0.15, -0.1) is 22.7 Å². The molecule has 0 spiro atoms. The van der Waals surface area contributed by atoms with E-state index in [4.69, 9.17) is 0 Å². The van der Waals surface area contributed by atoms with E-state index in [0.717, 1.165) is 34.2 Å². The fourth-order valence-electron chi connectivity index (χ4n) is 3.26. The molecular formula is C19H20N2OS2.